The summed E-state index contributed by atoms with van der Waals surface area (Å²) in [6, 6.07) is 20.8. The van der Waals surface area contributed by atoms with Gasteiger partial charge in [-0.1, -0.05) is 18.2 Å². The van der Waals surface area contributed by atoms with Crippen LogP contribution >= 0.6 is 0 Å². The summed E-state index contributed by atoms with van der Waals surface area (Å²) in [7, 11) is 6.32. The highest BCUT2D eigenvalue weighted by Gasteiger charge is 2.18. The first-order chi connectivity index (χ1) is 18.1. The zero-order valence-corrected chi connectivity index (χ0v) is 21.0. The van der Waals surface area contributed by atoms with Crippen molar-refractivity contribution in [2.24, 2.45) is 0 Å². The van der Waals surface area contributed by atoms with Crippen LogP contribution in [0, 0.1) is 0 Å². The lowest BCUT2D eigenvalue weighted by molar-refractivity contribution is 0.104. The second kappa shape index (κ2) is 10.1. The molecule has 2 heterocycles. The number of aromatic amines is 1. The summed E-state index contributed by atoms with van der Waals surface area (Å²) in [6.45, 7) is 0. The molecule has 7 heteroatoms. The molecule has 5 aromatic rings. The fraction of sp³-hybridized carbons (Fsp3) is 0.133. The van der Waals surface area contributed by atoms with Gasteiger partial charge in [0.2, 0.25) is 5.75 Å². The van der Waals surface area contributed by atoms with Gasteiger partial charge in [-0.05, 0) is 60.7 Å². The number of nitrogens with zero attached hydrogens (tertiary/aromatic N) is 1. The molecule has 37 heavy (non-hydrogen) atoms. The van der Waals surface area contributed by atoms with E-state index in [4.69, 9.17) is 23.9 Å². The van der Waals surface area contributed by atoms with Crippen LogP contribution in [0.25, 0.3) is 39.1 Å². The van der Waals surface area contributed by atoms with Gasteiger partial charge in [0.05, 0.1) is 45.3 Å². The van der Waals surface area contributed by atoms with Crippen LogP contribution in [0.1, 0.15) is 16.1 Å². The molecule has 0 aliphatic rings. The van der Waals surface area contributed by atoms with Gasteiger partial charge in [0.25, 0.3) is 0 Å². The monoisotopic (exact) mass is 494 g/mol. The second-order valence-corrected chi connectivity index (χ2v) is 8.33. The topological polar surface area (TPSA) is 82.7 Å². The number of benzene rings is 3. The molecule has 0 aliphatic carbocycles. The normalized spacial score (nSPS) is 11.2. The van der Waals surface area contributed by atoms with Crippen molar-refractivity contribution in [3.63, 3.8) is 0 Å². The molecule has 0 fully saturated rings. The summed E-state index contributed by atoms with van der Waals surface area (Å²) >= 11 is 0. The number of allylic oxidation sites excluding steroid dienone is 1. The van der Waals surface area contributed by atoms with E-state index in [-0.39, 0.29) is 5.78 Å². The number of para-hydroxylation sites is 1. The maximum Gasteiger partial charge on any atom is 0.203 e. The van der Waals surface area contributed by atoms with Gasteiger partial charge in [-0.25, -0.2) is 4.98 Å². The molecule has 0 bridgehead atoms. The highest BCUT2D eigenvalue weighted by molar-refractivity contribution is 6.12. The number of rotatable bonds is 8. The van der Waals surface area contributed by atoms with Gasteiger partial charge in [0.1, 0.15) is 5.75 Å². The van der Waals surface area contributed by atoms with Crippen LogP contribution < -0.4 is 18.9 Å². The average molecular weight is 495 g/mol. The first kappa shape index (κ1) is 23.9. The Morgan fingerprint density at radius 2 is 1.51 bits per heavy atom. The molecule has 0 saturated carbocycles. The van der Waals surface area contributed by atoms with Crippen molar-refractivity contribution in [1.29, 1.82) is 0 Å². The Morgan fingerprint density at radius 1 is 0.811 bits per heavy atom. The SMILES string of the molecule is COc1ccc(C(=O)/C=C/c2cc3c([nH]c4ccccc43)c(-c3cc(OC)c(OC)c(OC)c3)n2)cc1. The molecule has 2 aromatic heterocycles. The van der Waals surface area contributed by atoms with E-state index in [1.165, 1.54) is 6.08 Å². The molecule has 0 amide bonds. The number of ether oxygens (including phenoxy) is 4. The quantitative estimate of drug-likeness (QED) is 0.201. The first-order valence-corrected chi connectivity index (χ1v) is 11.6. The molecule has 0 aliphatic heterocycles. The predicted molar refractivity (Wildman–Crippen MR) is 145 cm³/mol. The number of carbonyl (C=O) groups excluding carboxylic acids is 1. The van der Waals surface area contributed by atoms with Gasteiger partial charge in [0.15, 0.2) is 17.3 Å². The van der Waals surface area contributed by atoms with Crippen LogP contribution in [0.5, 0.6) is 23.0 Å². The molecule has 1 N–H and O–H groups in total. The lowest BCUT2D eigenvalue weighted by Crippen LogP contribution is -1.97. The average Bonchev–Trinajstić information content (AvgIpc) is 3.33. The lowest BCUT2D eigenvalue weighted by atomic mass is 10.0. The van der Waals surface area contributed by atoms with Crippen molar-refractivity contribution in [2.75, 3.05) is 28.4 Å². The van der Waals surface area contributed by atoms with Crippen molar-refractivity contribution in [1.82, 2.24) is 9.97 Å². The van der Waals surface area contributed by atoms with Crippen LogP contribution in [0.4, 0.5) is 0 Å². The molecule has 0 unspecified atom stereocenters. The van der Waals surface area contributed by atoms with Crippen LogP contribution in [0.3, 0.4) is 0 Å². The summed E-state index contributed by atoms with van der Waals surface area (Å²) in [4.78, 5) is 21.3. The largest absolute Gasteiger partial charge is 0.497 e. The smallest absolute Gasteiger partial charge is 0.203 e. The van der Waals surface area contributed by atoms with Gasteiger partial charge >= 0.3 is 0 Å². The number of pyridine rings is 1. The first-order valence-electron chi connectivity index (χ1n) is 11.6. The van der Waals surface area contributed by atoms with E-state index >= 15 is 0 Å². The summed E-state index contributed by atoms with van der Waals surface area (Å²) in [5.74, 6) is 2.12. The van der Waals surface area contributed by atoms with Gasteiger partial charge in [-0.3, -0.25) is 4.79 Å². The summed E-state index contributed by atoms with van der Waals surface area (Å²) in [5, 5.41) is 2.05. The van der Waals surface area contributed by atoms with Crippen molar-refractivity contribution >= 4 is 33.7 Å². The second-order valence-electron chi connectivity index (χ2n) is 8.33. The Balaban J connectivity index is 1.66. The molecule has 3 aromatic carbocycles. The Labute approximate surface area is 214 Å². The fourth-order valence-electron chi connectivity index (χ4n) is 4.39. The fourth-order valence-corrected chi connectivity index (χ4v) is 4.39. The molecular weight excluding hydrogens is 468 g/mol. The summed E-state index contributed by atoms with van der Waals surface area (Å²) in [5.41, 5.74) is 4.54. The minimum absolute atomic E-state index is 0.127. The molecule has 5 rings (SSSR count). The van der Waals surface area contributed by atoms with E-state index < -0.39 is 0 Å². The summed E-state index contributed by atoms with van der Waals surface area (Å²) in [6.07, 6.45) is 3.26. The van der Waals surface area contributed by atoms with Crippen LogP contribution in [0.2, 0.25) is 0 Å². The molecule has 0 spiro atoms. The Bertz CT molecular complexity index is 1610. The minimum Gasteiger partial charge on any atom is -0.497 e. The standard InChI is InChI=1S/C30H26N2O5/c1-34-21-12-9-18(10-13-21)25(33)14-11-20-17-23-22-7-5-6-8-24(22)32-29(23)28(31-20)19-15-26(35-2)30(37-4)27(16-19)36-3/h5-17,32H,1-4H3/b14-11+. The number of carbonyl (C=O) groups is 1. The van der Waals surface area contributed by atoms with Gasteiger partial charge in [-0.2, -0.15) is 0 Å². The third-order valence-electron chi connectivity index (χ3n) is 6.23. The highest BCUT2D eigenvalue weighted by atomic mass is 16.5. The Kier molecular flexibility index (Phi) is 6.51. The van der Waals surface area contributed by atoms with E-state index in [2.05, 4.69) is 11.1 Å². The van der Waals surface area contributed by atoms with Crippen LogP contribution in [0.15, 0.2) is 72.8 Å². The number of hydrogen-bond donors (Lipinski definition) is 1. The number of ketones is 1. The number of fused-ring (bicyclic) bond motifs is 3. The lowest BCUT2D eigenvalue weighted by Gasteiger charge is -2.14. The number of hydrogen-bond acceptors (Lipinski definition) is 6. The van der Waals surface area contributed by atoms with E-state index in [1.54, 1.807) is 58.8 Å². The van der Waals surface area contributed by atoms with Crippen LogP contribution in [-0.2, 0) is 0 Å². The molecule has 0 atom stereocenters. The Morgan fingerprint density at radius 3 is 2.16 bits per heavy atom. The predicted octanol–water partition coefficient (Wildman–Crippen LogP) is 6.31. The molecular formula is C30H26N2O5. The van der Waals surface area contributed by atoms with Crippen LogP contribution in [-0.4, -0.2) is 44.2 Å². The number of methoxy groups -OCH3 is 4. The number of aromatic nitrogens is 2. The van der Waals surface area contributed by atoms with Crippen molar-refractivity contribution in [3.8, 4) is 34.3 Å². The van der Waals surface area contributed by atoms with Crippen molar-refractivity contribution in [3.05, 3.63) is 84.1 Å². The molecule has 0 saturated heterocycles. The molecule has 186 valence electrons. The van der Waals surface area contributed by atoms with E-state index in [9.17, 15) is 4.79 Å². The third kappa shape index (κ3) is 4.47. The highest BCUT2D eigenvalue weighted by Crippen LogP contribution is 2.42. The molecule has 0 radical (unpaired) electrons. The van der Waals surface area contributed by atoms with Gasteiger partial charge < -0.3 is 23.9 Å². The zero-order chi connectivity index (χ0) is 25.9. The van der Waals surface area contributed by atoms with E-state index in [0.717, 1.165) is 27.4 Å². The molecule has 7 nitrogen and oxygen atoms in total. The number of nitrogens with one attached hydrogen (secondary N) is 1. The van der Waals surface area contributed by atoms with E-state index in [0.29, 0.717) is 39.9 Å². The third-order valence-corrected chi connectivity index (χ3v) is 6.23. The number of H-pyrrole nitrogens is 1. The van der Waals surface area contributed by atoms with Crippen molar-refractivity contribution < 1.29 is 23.7 Å². The maximum atomic E-state index is 12.8. The van der Waals surface area contributed by atoms with Gasteiger partial charge in [0, 0.05) is 27.4 Å². The Hall–Kier alpha value is -4.78. The van der Waals surface area contributed by atoms with Gasteiger partial charge in [-0.15, -0.1) is 0 Å². The minimum atomic E-state index is -0.127. The zero-order valence-electron chi connectivity index (χ0n) is 21.0. The maximum absolute atomic E-state index is 12.8. The van der Waals surface area contributed by atoms with Crippen molar-refractivity contribution in [2.45, 2.75) is 0 Å². The van der Waals surface area contributed by atoms with E-state index in [1.807, 2.05) is 36.4 Å². The summed E-state index contributed by atoms with van der Waals surface area (Å²) < 4.78 is 21.8.